The predicted octanol–water partition coefficient (Wildman–Crippen LogP) is 3.23. The minimum atomic E-state index is -0.251. The molecular formula is C28H23N7O2. The van der Waals surface area contributed by atoms with Gasteiger partial charge in [0.25, 0.3) is 5.91 Å². The lowest BCUT2D eigenvalue weighted by Gasteiger charge is -2.30. The smallest absolute Gasteiger partial charge is 0.331 e. The molecule has 4 aromatic rings. The van der Waals surface area contributed by atoms with E-state index in [-0.39, 0.29) is 18.5 Å². The van der Waals surface area contributed by atoms with Crippen LogP contribution in [0.5, 0.6) is 0 Å². The first-order valence-electron chi connectivity index (χ1n) is 12.3. The number of hydrogen-bond donors (Lipinski definition) is 1. The van der Waals surface area contributed by atoms with Crippen LogP contribution in [0.1, 0.15) is 11.1 Å². The maximum atomic E-state index is 13.2. The minimum absolute atomic E-state index is 0.0612. The highest BCUT2D eigenvalue weighted by molar-refractivity contribution is 6.12. The molecule has 182 valence electrons. The number of nitrogens with one attached hydrogen (secondary N) is 1. The Balaban J connectivity index is 1.25. The Hall–Kier alpha value is -4.68. The summed E-state index contributed by atoms with van der Waals surface area (Å²) < 4.78 is 4.22. The van der Waals surface area contributed by atoms with Gasteiger partial charge in [-0.1, -0.05) is 12.1 Å². The molecule has 3 amide bonds. The number of fused-ring (bicyclic) bond motifs is 5. The fraction of sp³-hybridized carbons (Fsp3) is 0.214. The first kappa shape index (κ1) is 21.6. The van der Waals surface area contributed by atoms with Crippen LogP contribution >= 0.6 is 0 Å². The van der Waals surface area contributed by atoms with Gasteiger partial charge in [0, 0.05) is 61.9 Å². The zero-order chi connectivity index (χ0) is 25.1. The molecular weight excluding hydrogens is 466 g/mol. The highest BCUT2D eigenvalue weighted by Crippen LogP contribution is 2.36. The molecule has 9 nitrogen and oxygen atoms in total. The fourth-order valence-electron chi connectivity index (χ4n) is 5.35. The van der Waals surface area contributed by atoms with E-state index in [9.17, 15) is 9.59 Å². The molecule has 0 saturated carbocycles. The van der Waals surface area contributed by atoms with E-state index < -0.39 is 0 Å². The van der Waals surface area contributed by atoms with Gasteiger partial charge in [-0.05, 0) is 47.5 Å². The Bertz CT molecular complexity index is 1600. The number of urea groups is 1. The molecule has 5 heterocycles. The molecule has 0 bridgehead atoms. The molecule has 37 heavy (non-hydrogen) atoms. The van der Waals surface area contributed by atoms with Crippen LogP contribution in [0.4, 0.5) is 10.5 Å². The third-order valence-corrected chi connectivity index (χ3v) is 7.45. The molecule has 3 aliphatic rings. The summed E-state index contributed by atoms with van der Waals surface area (Å²) in [4.78, 5) is 33.4. The average Bonchev–Trinajstić information content (AvgIpc) is 3.58. The number of benzene rings is 2. The number of nitriles is 1. The van der Waals surface area contributed by atoms with Gasteiger partial charge in [-0.3, -0.25) is 19.2 Å². The van der Waals surface area contributed by atoms with Crippen molar-refractivity contribution in [1.82, 2.24) is 24.3 Å². The van der Waals surface area contributed by atoms with Gasteiger partial charge in [0.15, 0.2) is 5.82 Å². The van der Waals surface area contributed by atoms with Gasteiger partial charge in [0.1, 0.15) is 6.54 Å². The van der Waals surface area contributed by atoms with Crippen molar-refractivity contribution in [2.24, 2.45) is 5.92 Å². The number of rotatable bonds is 4. The molecule has 0 aliphatic carbocycles. The number of carbonyl (C=O) groups is 2. The molecule has 0 unspecified atom stereocenters. The normalized spacial score (nSPS) is 16.6. The predicted molar refractivity (Wildman–Crippen MR) is 137 cm³/mol. The van der Waals surface area contributed by atoms with E-state index >= 15 is 0 Å². The van der Waals surface area contributed by atoms with Crippen LogP contribution < -0.4 is 10.2 Å². The van der Waals surface area contributed by atoms with Gasteiger partial charge in [-0.25, -0.2) is 9.78 Å². The van der Waals surface area contributed by atoms with E-state index in [4.69, 9.17) is 5.26 Å². The van der Waals surface area contributed by atoms with Crippen LogP contribution in [0, 0.1) is 17.2 Å². The molecule has 1 N–H and O–H groups in total. The summed E-state index contributed by atoms with van der Waals surface area (Å²) in [6.45, 7) is 2.80. The Kier molecular flexibility index (Phi) is 4.77. The molecule has 2 saturated heterocycles. The van der Waals surface area contributed by atoms with Gasteiger partial charge in [-0.15, -0.1) is 0 Å². The highest BCUT2D eigenvalue weighted by atomic mass is 16.2. The molecule has 2 aromatic carbocycles. The third kappa shape index (κ3) is 3.45. The quantitative estimate of drug-likeness (QED) is 0.391. The second kappa shape index (κ2) is 8.18. The van der Waals surface area contributed by atoms with E-state index in [2.05, 4.69) is 37.8 Å². The Morgan fingerprint density at radius 2 is 1.86 bits per heavy atom. The van der Waals surface area contributed by atoms with Crippen molar-refractivity contribution in [2.75, 3.05) is 31.1 Å². The Morgan fingerprint density at radius 1 is 1.03 bits per heavy atom. The second-order valence-corrected chi connectivity index (χ2v) is 9.76. The molecule has 9 heteroatoms. The summed E-state index contributed by atoms with van der Waals surface area (Å²) in [5.74, 6) is 1.01. The summed E-state index contributed by atoms with van der Waals surface area (Å²) in [5.41, 5.74) is 6.41. The average molecular weight is 490 g/mol. The van der Waals surface area contributed by atoms with Crippen molar-refractivity contribution in [2.45, 2.75) is 6.54 Å². The van der Waals surface area contributed by atoms with Crippen LogP contribution in [0.2, 0.25) is 0 Å². The zero-order valence-electron chi connectivity index (χ0n) is 20.0. The van der Waals surface area contributed by atoms with Crippen molar-refractivity contribution < 1.29 is 9.59 Å². The van der Waals surface area contributed by atoms with E-state index in [0.29, 0.717) is 24.6 Å². The van der Waals surface area contributed by atoms with Gasteiger partial charge in [-0.2, -0.15) is 5.26 Å². The summed E-state index contributed by atoms with van der Waals surface area (Å²) in [6, 6.07) is 17.5. The molecule has 2 aromatic heterocycles. The maximum Gasteiger partial charge on any atom is 0.331 e. The van der Waals surface area contributed by atoms with Crippen molar-refractivity contribution >= 4 is 17.6 Å². The molecule has 3 aliphatic heterocycles. The number of amides is 3. The van der Waals surface area contributed by atoms with Crippen molar-refractivity contribution in [3.05, 3.63) is 78.2 Å². The Labute approximate surface area is 213 Å². The molecule has 0 atom stereocenters. The van der Waals surface area contributed by atoms with Gasteiger partial charge >= 0.3 is 6.03 Å². The van der Waals surface area contributed by atoms with Crippen molar-refractivity contribution in [3.63, 3.8) is 0 Å². The first-order valence-corrected chi connectivity index (χ1v) is 12.3. The van der Waals surface area contributed by atoms with Crippen LogP contribution in [0.3, 0.4) is 0 Å². The van der Waals surface area contributed by atoms with E-state index in [1.165, 1.54) is 4.90 Å². The zero-order valence-corrected chi connectivity index (χ0v) is 20.0. The molecule has 0 radical (unpaired) electrons. The van der Waals surface area contributed by atoms with Crippen LogP contribution in [-0.2, 0) is 11.3 Å². The third-order valence-electron chi connectivity index (χ3n) is 7.45. The number of aromatic nitrogens is 3. The topological polar surface area (TPSA) is 99.2 Å². The SMILES string of the molecule is N#Cc1ccc(-c2cc3n(c2)Cc2cc(N4CC(=O)N(CC5CNC5)C4=O)ccc2-n2ccnc2-3)cc1. The van der Waals surface area contributed by atoms with Crippen molar-refractivity contribution in [1.29, 1.82) is 5.26 Å². The summed E-state index contributed by atoms with van der Waals surface area (Å²) in [7, 11) is 0. The lowest BCUT2D eigenvalue weighted by atomic mass is 10.0. The number of nitrogens with zero attached hydrogens (tertiary/aromatic N) is 6. The second-order valence-electron chi connectivity index (χ2n) is 9.76. The van der Waals surface area contributed by atoms with Crippen LogP contribution in [0.25, 0.3) is 28.3 Å². The molecule has 7 rings (SSSR count). The maximum absolute atomic E-state index is 13.2. The first-order chi connectivity index (χ1) is 18.1. The number of hydrogen-bond acceptors (Lipinski definition) is 5. The van der Waals surface area contributed by atoms with Crippen molar-refractivity contribution in [3.8, 4) is 34.4 Å². The fourth-order valence-corrected chi connectivity index (χ4v) is 5.35. The number of imidazole rings is 1. The lowest BCUT2D eigenvalue weighted by Crippen LogP contribution is -2.49. The Morgan fingerprint density at radius 3 is 2.62 bits per heavy atom. The summed E-state index contributed by atoms with van der Waals surface area (Å²) >= 11 is 0. The van der Waals surface area contributed by atoms with E-state index in [1.54, 1.807) is 11.1 Å². The van der Waals surface area contributed by atoms with Crippen LogP contribution in [-0.4, -0.2) is 57.1 Å². The van der Waals surface area contributed by atoms with Gasteiger partial charge < -0.3 is 9.88 Å². The minimum Gasteiger partial charge on any atom is -0.340 e. The van der Waals surface area contributed by atoms with E-state index in [0.717, 1.165) is 52.7 Å². The van der Waals surface area contributed by atoms with E-state index in [1.807, 2.05) is 48.7 Å². The monoisotopic (exact) mass is 489 g/mol. The van der Waals surface area contributed by atoms with Gasteiger partial charge in [0.2, 0.25) is 0 Å². The standard InChI is InChI=1S/C28H23N7O2/c29-11-18-1-3-20(4-2-18)21-10-25-27-31-7-8-33(27)24-6-5-23(9-22(24)16-32(25)15-21)34-17-26(36)35(28(34)37)14-19-12-30-13-19/h1-10,15,19,30H,12-14,16-17H2. The molecule has 2 fully saturated rings. The number of anilines is 1. The number of imide groups is 1. The van der Waals surface area contributed by atoms with Crippen LogP contribution in [0.15, 0.2) is 67.1 Å². The molecule has 0 spiro atoms. The largest absolute Gasteiger partial charge is 0.340 e. The van der Waals surface area contributed by atoms with Gasteiger partial charge in [0.05, 0.1) is 23.0 Å². The number of carbonyl (C=O) groups excluding carboxylic acids is 2. The lowest BCUT2D eigenvalue weighted by molar-refractivity contribution is -0.125. The summed E-state index contributed by atoms with van der Waals surface area (Å²) in [5, 5.41) is 12.3. The highest BCUT2D eigenvalue weighted by Gasteiger charge is 2.39. The summed E-state index contributed by atoms with van der Waals surface area (Å²) in [6.07, 6.45) is 5.82.